The number of rotatable bonds is 2. The van der Waals surface area contributed by atoms with E-state index in [-0.39, 0.29) is 0 Å². The molecule has 1 aliphatic rings. The maximum absolute atomic E-state index is 6.18. The minimum absolute atomic E-state index is 0.541. The van der Waals surface area contributed by atoms with E-state index in [0.29, 0.717) is 5.15 Å². The van der Waals surface area contributed by atoms with Gasteiger partial charge in [0.2, 0.25) is 0 Å². The monoisotopic (exact) mass is 278 g/mol. The van der Waals surface area contributed by atoms with Crippen LogP contribution in [-0.4, -0.2) is 32.9 Å². The van der Waals surface area contributed by atoms with Crippen molar-refractivity contribution in [1.29, 1.82) is 0 Å². The van der Waals surface area contributed by atoms with E-state index in [9.17, 15) is 0 Å². The number of fused-ring (bicyclic) bond motifs is 1. The molecule has 19 heavy (non-hydrogen) atoms. The second-order valence-electron chi connectivity index (χ2n) is 5.68. The van der Waals surface area contributed by atoms with Gasteiger partial charge in [-0.2, -0.15) is 0 Å². The molecule has 1 aliphatic heterocycles. The van der Waals surface area contributed by atoms with Gasteiger partial charge in [0.25, 0.3) is 0 Å². The molecule has 0 aliphatic carbocycles. The minimum atomic E-state index is 0.541. The van der Waals surface area contributed by atoms with Gasteiger partial charge >= 0.3 is 0 Å². The molecule has 2 atom stereocenters. The zero-order valence-corrected chi connectivity index (χ0v) is 12.1. The Morgan fingerprint density at radius 3 is 3.00 bits per heavy atom. The predicted molar refractivity (Wildman–Crippen MR) is 77.1 cm³/mol. The van der Waals surface area contributed by atoms with Crippen LogP contribution in [0.3, 0.4) is 0 Å². The number of likely N-dealkylation sites (tertiary alicyclic amines) is 1. The number of H-pyrrole nitrogens is 1. The van der Waals surface area contributed by atoms with E-state index in [2.05, 4.69) is 33.7 Å². The number of aromatic nitrogens is 3. The number of nitrogens with zero attached hydrogens (tertiary/aromatic N) is 3. The van der Waals surface area contributed by atoms with Crippen molar-refractivity contribution in [2.75, 3.05) is 13.1 Å². The van der Waals surface area contributed by atoms with Crippen LogP contribution >= 0.6 is 11.6 Å². The molecule has 2 aromatic rings. The molecule has 3 heterocycles. The summed E-state index contributed by atoms with van der Waals surface area (Å²) in [7, 11) is 0. The fourth-order valence-corrected chi connectivity index (χ4v) is 3.10. The summed E-state index contributed by atoms with van der Waals surface area (Å²) in [5.74, 6) is 1.58. The number of aromatic amines is 1. The molecule has 1 saturated heterocycles. The summed E-state index contributed by atoms with van der Waals surface area (Å²) in [6.45, 7) is 7.91. The van der Waals surface area contributed by atoms with Gasteiger partial charge in [-0.15, -0.1) is 0 Å². The molecule has 3 rings (SSSR count). The number of hydrogen-bond acceptors (Lipinski definition) is 3. The normalized spacial score (nSPS) is 25.0. The topological polar surface area (TPSA) is 44.8 Å². The van der Waals surface area contributed by atoms with E-state index < -0.39 is 0 Å². The summed E-state index contributed by atoms with van der Waals surface area (Å²) in [5.41, 5.74) is 2.02. The SMILES string of the molecule is CC1CCN(Cc2c[nH]c3ncnc(Cl)c23)CC1C. The molecule has 0 amide bonds. The second kappa shape index (κ2) is 5.10. The smallest absolute Gasteiger partial charge is 0.142 e. The standard InChI is InChI=1S/C14H19ClN4/c1-9-3-4-19(6-10(9)2)7-11-5-16-14-12(11)13(15)17-8-18-14/h5,8-10H,3-4,6-7H2,1-2H3,(H,16,17,18). The lowest BCUT2D eigenvalue weighted by Gasteiger charge is -2.35. The van der Waals surface area contributed by atoms with Gasteiger partial charge in [-0.3, -0.25) is 4.90 Å². The Balaban J connectivity index is 1.82. The van der Waals surface area contributed by atoms with Gasteiger partial charge in [0, 0.05) is 19.3 Å². The van der Waals surface area contributed by atoms with Crippen LogP contribution in [0.1, 0.15) is 25.8 Å². The van der Waals surface area contributed by atoms with Crippen molar-refractivity contribution in [2.45, 2.75) is 26.8 Å². The Labute approximate surface area is 118 Å². The molecule has 2 unspecified atom stereocenters. The van der Waals surface area contributed by atoms with Crippen LogP contribution in [-0.2, 0) is 6.54 Å². The lowest BCUT2D eigenvalue weighted by atomic mass is 9.88. The molecule has 0 saturated carbocycles. The molecule has 5 heteroatoms. The van der Waals surface area contributed by atoms with Crippen LogP contribution in [0.15, 0.2) is 12.5 Å². The fourth-order valence-electron chi connectivity index (χ4n) is 2.84. The van der Waals surface area contributed by atoms with Crippen LogP contribution in [0.4, 0.5) is 0 Å². The van der Waals surface area contributed by atoms with Crippen molar-refractivity contribution in [2.24, 2.45) is 11.8 Å². The summed E-state index contributed by atoms with van der Waals surface area (Å²) in [5, 5.41) is 1.51. The molecular formula is C14H19ClN4. The third-order valence-electron chi connectivity index (χ3n) is 4.32. The highest BCUT2D eigenvalue weighted by molar-refractivity contribution is 6.34. The lowest BCUT2D eigenvalue weighted by molar-refractivity contribution is 0.132. The van der Waals surface area contributed by atoms with Gasteiger partial charge in [0.1, 0.15) is 17.1 Å². The van der Waals surface area contributed by atoms with Crippen molar-refractivity contribution in [3.8, 4) is 0 Å². The van der Waals surface area contributed by atoms with Crippen LogP contribution in [0.5, 0.6) is 0 Å². The summed E-state index contributed by atoms with van der Waals surface area (Å²) >= 11 is 6.18. The minimum Gasteiger partial charge on any atom is -0.346 e. The highest BCUT2D eigenvalue weighted by atomic mass is 35.5. The molecule has 102 valence electrons. The van der Waals surface area contributed by atoms with E-state index in [1.54, 1.807) is 0 Å². The molecule has 0 spiro atoms. The number of hydrogen-bond donors (Lipinski definition) is 1. The average Bonchev–Trinajstić information content (AvgIpc) is 2.79. The van der Waals surface area contributed by atoms with E-state index in [1.165, 1.54) is 18.3 Å². The molecular weight excluding hydrogens is 260 g/mol. The van der Waals surface area contributed by atoms with Crippen LogP contribution in [0.25, 0.3) is 11.0 Å². The van der Waals surface area contributed by atoms with Crippen molar-refractivity contribution in [1.82, 2.24) is 19.9 Å². The summed E-state index contributed by atoms with van der Waals surface area (Å²) in [6.07, 6.45) is 4.78. The molecule has 2 aromatic heterocycles. The Kier molecular flexibility index (Phi) is 3.46. The molecule has 4 nitrogen and oxygen atoms in total. The van der Waals surface area contributed by atoms with Gasteiger partial charge in [0.15, 0.2) is 0 Å². The van der Waals surface area contributed by atoms with Crippen LogP contribution in [0.2, 0.25) is 5.15 Å². The quantitative estimate of drug-likeness (QED) is 0.859. The molecule has 1 fully saturated rings. The van der Waals surface area contributed by atoms with Crippen molar-refractivity contribution < 1.29 is 0 Å². The zero-order chi connectivity index (χ0) is 13.4. The number of halogens is 1. The Hall–Kier alpha value is -1.13. The first kappa shape index (κ1) is 12.9. The average molecular weight is 279 g/mol. The highest BCUT2D eigenvalue weighted by Crippen LogP contribution is 2.27. The molecule has 0 radical (unpaired) electrons. The molecule has 0 bridgehead atoms. The Morgan fingerprint density at radius 2 is 2.21 bits per heavy atom. The first-order chi connectivity index (χ1) is 9.15. The highest BCUT2D eigenvalue weighted by Gasteiger charge is 2.23. The number of piperidine rings is 1. The molecule has 0 aromatic carbocycles. The third kappa shape index (κ3) is 2.47. The van der Waals surface area contributed by atoms with Crippen molar-refractivity contribution >= 4 is 22.6 Å². The first-order valence-electron chi connectivity index (χ1n) is 6.84. The largest absolute Gasteiger partial charge is 0.346 e. The van der Waals surface area contributed by atoms with Crippen LogP contribution in [0, 0.1) is 11.8 Å². The third-order valence-corrected chi connectivity index (χ3v) is 4.60. The van der Waals surface area contributed by atoms with Gasteiger partial charge in [-0.25, -0.2) is 9.97 Å². The van der Waals surface area contributed by atoms with Gasteiger partial charge < -0.3 is 4.98 Å². The second-order valence-corrected chi connectivity index (χ2v) is 6.04. The van der Waals surface area contributed by atoms with Crippen molar-refractivity contribution in [3.05, 3.63) is 23.2 Å². The maximum Gasteiger partial charge on any atom is 0.142 e. The van der Waals surface area contributed by atoms with E-state index in [4.69, 9.17) is 11.6 Å². The Bertz CT molecular complexity index is 580. The first-order valence-corrected chi connectivity index (χ1v) is 7.21. The van der Waals surface area contributed by atoms with E-state index in [0.717, 1.165) is 42.5 Å². The summed E-state index contributed by atoms with van der Waals surface area (Å²) in [4.78, 5) is 14.0. The molecule has 1 N–H and O–H groups in total. The lowest BCUT2D eigenvalue weighted by Crippen LogP contribution is -2.37. The van der Waals surface area contributed by atoms with Gasteiger partial charge in [-0.05, 0) is 30.4 Å². The van der Waals surface area contributed by atoms with E-state index >= 15 is 0 Å². The van der Waals surface area contributed by atoms with Crippen LogP contribution < -0.4 is 0 Å². The maximum atomic E-state index is 6.18. The number of nitrogens with one attached hydrogen (secondary N) is 1. The zero-order valence-electron chi connectivity index (χ0n) is 11.4. The summed E-state index contributed by atoms with van der Waals surface area (Å²) in [6, 6.07) is 0. The predicted octanol–water partition coefficient (Wildman–Crippen LogP) is 3.09. The summed E-state index contributed by atoms with van der Waals surface area (Å²) < 4.78 is 0. The van der Waals surface area contributed by atoms with Crippen molar-refractivity contribution in [3.63, 3.8) is 0 Å². The van der Waals surface area contributed by atoms with Gasteiger partial charge in [0.05, 0.1) is 5.39 Å². The van der Waals surface area contributed by atoms with Gasteiger partial charge in [-0.1, -0.05) is 25.4 Å². The van der Waals surface area contributed by atoms with E-state index in [1.807, 2.05) is 6.20 Å². The fraction of sp³-hybridized carbons (Fsp3) is 0.571. The Morgan fingerprint density at radius 1 is 1.37 bits per heavy atom.